The molecule has 3 aromatic rings. The van der Waals surface area contributed by atoms with Gasteiger partial charge in [0.15, 0.2) is 5.78 Å². The Hall–Kier alpha value is -3.44. The Labute approximate surface area is 195 Å². The van der Waals surface area contributed by atoms with Crippen LogP contribution in [0.5, 0.6) is 0 Å². The van der Waals surface area contributed by atoms with Gasteiger partial charge in [-0.05, 0) is 36.1 Å². The van der Waals surface area contributed by atoms with Gasteiger partial charge in [0.2, 0.25) is 5.91 Å². The van der Waals surface area contributed by atoms with Crippen molar-refractivity contribution in [3.8, 4) is 0 Å². The van der Waals surface area contributed by atoms with Crippen LogP contribution in [0.1, 0.15) is 29.9 Å². The molecule has 0 atom stereocenters. The second kappa shape index (κ2) is 9.20. The number of nitrogens with one attached hydrogen (secondary N) is 1. The number of Topliss-reactive ketones (excluding diaryl/α,β-unsaturated/α-hetero) is 1. The number of hydrogen-bond acceptors (Lipinski definition) is 4. The predicted octanol–water partition coefficient (Wildman–Crippen LogP) is 3.82. The van der Waals surface area contributed by atoms with Crippen LogP contribution in [-0.2, 0) is 9.59 Å². The summed E-state index contributed by atoms with van der Waals surface area (Å²) in [5.74, 6) is 0.0156. The summed E-state index contributed by atoms with van der Waals surface area (Å²) < 4.78 is 0. The molecule has 0 bridgehead atoms. The van der Waals surface area contributed by atoms with Gasteiger partial charge in [-0.25, -0.2) is 0 Å². The van der Waals surface area contributed by atoms with Crippen molar-refractivity contribution in [2.24, 2.45) is 0 Å². The van der Waals surface area contributed by atoms with Crippen molar-refractivity contribution in [2.45, 2.75) is 24.3 Å². The summed E-state index contributed by atoms with van der Waals surface area (Å²) >= 11 is 0. The van der Waals surface area contributed by atoms with E-state index in [0.29, 0.717) is 26.1 Å². The predicted molar refractivity (Wildman–Crippen MR) is 130 cm³/mol. The quantitative estimate of drug-likeness (QED) is 0.635. The van der Waals surface area contributed by atoms with Gasteiger partial charge in [-0.1, -0.05) is 78.9 Å². The summed E-state index contributed by atoms with van der Waals surface area (Å²) in [6, 6.07) is 30.1. The zero-order valence-electron chi connectivity index (χ0n) is 18.7. The van der Waals surface area contributed by atoms with Crippen LogP contribution in [0.3, 0.4) is 0 Å². The number of anilines is 1. The Morgan fingerprint density at radius 2 is 1.33 bits per heavy atom. The lowest BCUT2D eigenvalue weighted by Crippen LogP contribution is -2.57. The van der Waals surface area contributed by atoms with Crippen LogP contribution in [0, 0.1) is 0 Å². The van der Waals surface area contributed by atoms with E-state index in [9.17, 15) is 9.59 Å². The molecule has 5 heteroatoms. The monoisotopic (exact) mass is 439 g/mol. The minimum Gasteiger partial charge on any atom is -0.339 e. The summed E-state index contributed by atoms with van der Waals surface area (Å²) in [4.78, 5) is 30.9. The molecule has 5 rings (SSSR count). The van der Waals surface area contributed by atoms with Crippen molar-refractivity contribution < 1.29 is 9.59 Å². The number of nitrogens with zero attached hydrogens (tertiary/aromatic N) is 2. The molecule has 168 valence electrons. The SMILES string of the molecule is O=C(CN1CCC2(CC1)C(=O)NCN2c1ccccc1)C(c1ccccc1)c1ccccc1. The maximum Gasteiger partial charge on any atom is 0.247 e. The van der Waals surface area contributed by atoms with Gasteiger partial charge < -0.3 is 10.2 Å². The Bertz CT molecular complexity index is 1050. The number of para-hydroxylation sites is 1. The largest absolute Gasteiger partial charge is 0.339 e. The summed E-state index contributed by atoms with van der Waals surface area (Å²) in [7, 11) is 0. The van der Waals surface area contributed by atoms with E-state index in [0.717, 1.165) is 29.9 Å². The molecule has 2 aliphatic heterocycles. The second-order valence-electron chi connectivity index (χ2n) is 8.96. The molecule has 1 N–H and O–H groups in total. The lowest BCUT2D eigenvalue weighted by Gasteiger charge is -2.43. The number of rotatable bonds is 6. The van der Waals surface area contributed by atoms with Crippen molar-refractivity contribution in [3.05, 3.63) is 102 Å². The van der Waals surface area contributed by atoms with Gasteiger partial charge in [0.05, 0.1) is 19.1 Å². The Morgan fingerprint density at radius 1 is 0.818 bits per heavy atom. The molecule has 2 fully saturated rings. The molecule has 1 spiro atoms. The Kier molecular flexibility index (Phi) is 5.97. The summed E-state index contributed by atoms with van der Waals surface area (Å²) in [6.07, 6.45) is 1.42. The highest BCUT2D eigenvalue weighted by Crippen LogP contribution is 2.36. The Balaban J connectivity index is 1.31. The van der Waals surface area contributed by atoms with Crippen LogP contribution in [0.25, 0.3) is 0 Å². The number of ketones is 1. The maximum absolute atomic E-state index is 13.5. The van der Waals surface area contributed by atoms with Gasteiger partial charge in [-0.15, -0.1) is 0 Å². The van der Waals surface area contributed by atoms with Crippen LogP contribution < -0.4 is 10.2 Å². The molecule has 0 radical (unpaired) electrons. The number of likely N-dealkylation sites (tertiary alicyclic amines) is 1. The molecule has 2 aliphatic rings. The van der Waals surface area contributed by atoms with E-state index in [2.05, 4.69) is 27.2 Å². The molecule has 1 amide bonds. The first kappa shape index (κ1) is 21.4. The van der Waals surface area contributed by atoms with Crippen molar-refractivity contribution in [1.29, 1.82) is 0 Å². The number of hydrogen-bond donors (Lipinski definition) is 1. The van der Waals surface area contributed by atoms with Crippen molar-refractivity contribution in [2.75, 3.05) is 31.2 Å². The zero-order chi connectivity index (χ0) is 22.7. The number of carbonyl (C=O) groups is 2. The van der Waals surface area contributed by atoms with Crippen molar-refractivity contribution in [1.82, 2.24) is 10.2 Å². The van der Waals surface area contributed by atoms with Crippen LogP contribution in [-0.4, -0.2) is 48.4 Å². The van der Waals surface area contributed by atoms with Crippen LogP contribution in [0.15, 0.2) is 91.0 Å². The van der Waals surface area contributed by atoms with Gasteiger partial charge in [-0.3, -0.25) is 14.5 Å². The lowest BCUT2D eigenvalue weighted by atomic mass is 9.84. The minimum absolute atomic E-state index is 0.101. The third kappa shape index (κ3) is 4.16. The molecule has 0 unspecified atom stereocenters. The topological polar surface area (TPSA) is 52.7 Å². The lowest BCUT2D eigenvalue weighted by molar-refractivity contribution is -0.125. The first-order chi connectivity index (χ1) is 16.2. The van der Waals surface area contributed by atoms with E-state index in [4.69, 9.17) is 0 Å². The van der Waals surface area contributed by atoms with Crippen LogP contribution in [0.2, 0.25) is 0 Å². The molecular formula is C28H29N3O2. The molecule has 5 nitrogen and oxygen atoms in total. The van der Waals surface area contributed by atoms with E-state index >= 15 is 0 Å². The van der Waals surface area contributed by atoms with Crippen LogP contribution >= 0.6 is 0 Å². The van der Waals surface area contributed by atoms with E-state index < -0.39 is 5.54 Å². The second-order valence-corrected chi connectivity index (χ2v) is 8.96. The van der Waals surface area contributed by atoms with E-state index in [1.54, 1.807) is 0 Å². The van der Waals surface area contributed by atoms with Crippen molar-refractivity contribution >= 4 is 17.4 Å². The molecular weight excluding hydrogens is 410 g/mol. The number of benzene rings is 3. The smallest absolute Gasteiger partial charge is 0.247 e. The van der Waals surface area contributed by atoms with Crippen LogP contribution in [0.4, 0.5) is 5.69 Å². The highest BCUT2D eigenvalue weighted by atomic mass is 16.2. The number of amides is 1. The number of carbonyl (C=O) groups excluding carboxylic acids is 2. The van der Waals surface area contributed by atoms with Gasteiger partial charge in [0, 0.05) is 18.8 Å². The van der Waals surface area contributed by atoms with Gasteiger partial charge >= 0.3 is 0 Å². The average Bonchev–Trinajstić information content (AvgIpc) is 3.18. The fourth-order valence-electron chi connectivity index (χ4n) is 5.28. The maximum atomic E-state index is 13.5. The summed E-state index contributed by atoms with van der Waals surface area (Å²) in [5, 5.41) is 3.05. The normalized spacial score (nSPS) is 18.0. The molecule has 2 heterocycles. The molecule has 2 saturated heterocycles. The van der Waals surface area contributed by atoms with E-state index in [-0.39, 0.29) is 17.6 Å². The fourth-order valence-corrected chi connectivity index (χ4v) is 5.28. The molecule has 0 aliphatic carbocycles. The fraction of sp³-hybridized carbons (Fsp3) is 0.286. The standard InChI is InChI=1S/C28H29N3O2/c32-25(26(22-10-4-1-5-11-22)23-12-6-2-7-13-23)20-30-18-16-28(17-19-30)27(33)29-21-31(28)24-14-8-3-9-15-24/h1-15,26H,16-21H2,(H,29,33). The third-order valence-electron chi connectivity index (χ3n) is 7.06. The van der Waals surface area contributed by atoms with E-state index in [1.807, 2.05) is 78.9 Å². The first-order valence-electron chi connectivity index (χ1n) is 11.6. The van der Waals surface area contributed by atoms with E-state index in [1.165, 1.54) is 0 Å². The zero-order valence-corrected chi connectivity index (χ0v) is 18.7. The first-order valence-corrected chi connectivity index (χ1v) is 11.6. The highest BCUT2D eigenvalue weighted by Gasteiger charge is 2.50. The molecule has 3 aromatic carbocycles. The molecule has 33 heavy (non-hydrogen) atoms. The van der Waals surface area contributed by atoms with Gasteiger partial charge in [0.1, 0.15) is 5.54 Å². The van der Waals surface area contributed by atoms with Crippen molar-refractivity contribution in [3.63, 3.8) is 0 Å². The van der Waals surface area contributed by atoms with Gasteiger partial charge in [0.25, 0.3) is 0 Å². The molecule has 0 aromatic heterocycles. The molecule has 0 saturated carbocycles. The Morgan fingerprint density at radius 3 is 1.88 bits per heavy atom. The minimum atomic E-state index is -0.529. The highest BCUT2D eigenvalue weighted by molar-refractivity contribution is 5.94. The average molecular weight is 440 g/mol. The summed E-state index contributed by atoms with van der Waals surface area (Å²) in [5.41, 5.74) is 2.58. The third-order valence-corrected chi connectivity index (χ3v) is 7.06. The van der Waals surface area contributed by atoms with Gasteiger partial charge in [-0.2, -0.15) is 0 Å². The number of piperidine rings is 1. The summed E-state index contributed by atoms with van der Waals surface area (Å²) in [6.45, 7) is 2.36.